The molecule has 3 rings (SSSR count). The van der Waals surface area contributed by atoms with Crippen LogP contribution in [0.4, 0.5) is 4.79 Å². The van der Waals surface area contributed by atoms with Crippen molar-refractivity contribution in [2.75, 3.05) is 0 Å². The average molecular weight is 283 g/mol. The van der Waals surface area contributed by atoms with Gasteiger partial charge in [-0.25, -0.2) is 4.79 Å². The normalized spacial score (nSPS) is 20.0. The molecule has 0 saturated carbocycles. The molecule has 0 radical (unpaired) electrons. The van der Waals surface area contributed by atoms with Crippen molar-refractivity contribution >= 4 is 6.09 Å². The van der Waals surface area contributed by atoms with Crippen molar-refractivity contribution in [3.05, 3.63) is 65.2 Å². The van der Waals surface area contributed by atoms with E-state index in [2.05, 4.69) is 5.32 Å². The minimum atomic E-state index is -1.00. The second-order valence-corrected chi connectivity index (χ2v) is 5.44. The SMILES string of the molecule is O=C(O)NC1Cc2ccc(O)cc2C1Cc1ccccc1. The van der Waals surface area contributed by atoms with Crippen molar-refractivity contribution in [1.82, 2.24) is 5.32 Å². The van der Waals surface area contributed by atoms with E-state index in [0.29, 0.717) is 6.42 Å². The smallest absolute Gasteiger partial charge is 0.404 e. The van der Waals surface area contributed by atoms with Gasteiger partial charge in [0.2, 0.25) is 0 Å². The van der Waals surface area contributed by atoms with Crippen LogP contribution in [0.1, 0.15) is 22.6 Å². The fourth-order valence-corrected chi connectivity index (χ4v) is 3.14. The first-order chi connectivity index (χ1) is 10.1. The number of phenols is 1. The highest BCUT2D eigenvalue weighted by molar-refractivity contribution is 5.65. The van der Waals surface area contributed by atoms with Gasteiger partial charge in [-0.15, -0.1) is 0 Å². The summed E-state index contributed by atoms with van der Waals surface area (Å²) in [5.41, 5.74) is 3.31. The van der Waals surface area contributed by atoms with Gasteiger partial charge in [0, 0.05) is 12.0 Å². The molecule has 0 bridgehead atoms. The highest BCUT2D eigenvalue weighted by Crippen LogP contribution is 2.37. The number of carbonyl (C=O) groups is 1. The molecule has 1 aliphatic rings. The monoisotopic (exact) mass is 283 g/mol. The molecular weight excluding hydrogens is 266 g/mol. The predicted octanol–water partition coefficient (Wildman–Crippen LogP) is 2.91. The Morgan fingerprint density at radius 1 is 1.19 bits per heavy atom. The molecule has 4 nitrogen and oxygen atoms in total. The molecule has 0 heterocycles. The summed E-state index contributed by atoms with van der Waals surface area (Å²) in [6, 6.07) is 15.1. The lowest BCUT2D eigenvalue weighted by atomic mass is 9.91. The number of amides is 1. The maximum atomic E-state index is 11.0. The fourth-order valence-electron chi connectivity index (χ4n) is 3.14. The molecule has 0 saturated heterocycles. The Morgan fingerprint density at radius 3 is 2.67 bits per heavy atom. The van der Waals surface area contributed by atoms with Crippen molar-refractivity contribution in [3.63, 3.8) is 0 Å². The lowest BCUT2D eigenvalue weighted by molar-refractivity contribution is 0.188. The van der Waals surface area contributed by atoms with Crippen LogP contribution in [-0.2, 0) is 12.8 Å². The maximum absolute atomic E-state index is 11.0. The molecule has 2 aromatic carbocycles. The van der Waals surface area contributed by atoms with Gasteiger partial charge in [-0.05, 0) is 41.7 Å². The number of phenolic OH excluding ortho intramolecular Hbond substituents is 1. The molecule has 1 amide bonds. The number of fused-ring (bicyclic) bond motifs is 1. The first-order valence-electron chi connectivity index (χ1n) is 6.98. The Morgan fingerprint density at radius 2 is 1.95 bits per heavy atom. The van der Waals surface area contributed by atoms with Crippen molar-refractivity contribution in [2.24, 2.45) is 0 Å². The number of hydrogen-bond acceptors (Lipinski definition) is 2. The second kappa shape index (κ2) is 5.48. The van der Waals surface area contributed by atoms with Crippen LogP contribution in [0.25, 0.3) is 0 Å². The molecule has 0 aliphatic heterocycles. The van der Waals surface area contributed by atoms with Gasteiger partial charge in [-0.1, -0.05) is 36.4 Å². The molecule has 21 heavy (non-hydrogen) atoms. The minimum Gasteiger partial charge on any atom is -0.508 e. The van der Waals surface area contributed by atoms with Gasteiger partial charge in [0.25, 0.3) is 0 Å². The molecular formula is C17H17NO3. The van der Waals surface area contributed by atoms with E-state index < -0.39 is 6.09 Å². The third-order valence-corrected chi connectivity index (χ3v) is 4.06. The third kappa shape index (κ3) is 2.84. The molecule has 2 atom stereocenters. The van der Waals surface area contributed by atoms with E-state index in [9.17, 15) is 9.90 Å². The molecule has 3 N–H and O–H groups in total. The van der Waals surface area contributed by atoms with E-state index in [0.717, 1.165) is 23.1 Å². The van der Waals surface area contributed by atoms with Crippen LogP contribution in [-0.4, -0.2) is 22.3 Å². The van der Waals surface area contributed by atoms with Crippen molar-refractivity contribution < 1.29 is 15.0 Å². The largest absolute Gasteiger partial charge is 0.508 e. The summed E-state index contributed by atoms with van der Waals surface area (Å²) in [5, 5.41) is 21.4. The van der Waals surface area contributed by atoms with Crippen molar-refractivity contribution in [3.8, 4) is 5.75 Å². The Hall–Kier alpha value is -2.49. The van der Waals surface area contributed by atoms with E-state index in [1.807, 2.05) is 36.4 Å². The molecule has 2 aromatic rings. The highest BCUT2D eigenvalue weighted by Gasteiger charge is 2.33. The average Bonchev–Trinajstić information content (AvgIpc) is 2.77. The minimum absolute atomic E-state index is 0.0469. The molecule has 2 unspecified atom stereocenters. The van der Waals surface area contributed by atoms with E-state index in [1.165, 1.54) is 0 Å². The first-order valence-corrected chi connectivity index (χ1v) is 6.98. The van der Waals surface area contributed by atoms with Crippen LogP contribution in [0.2, 0.25) is 0 Å². The number of benzene rings is 2. The van der Waals surface area contributed by atoms with Gasteiger partial charge in [0.1, 0.15) is 5.75 Å². The number of carboxylic acid groups (broad SMARTS) is 1. The number of nitrogens with one attached hydrogen (secondary N) is 1. The molecule has 0 aromatic heterocycles. The number of rotatable bonds is 3. The van der Waals surface area contributed by atoms with Crippen LogP contribution in [0.15, 0.2) is 48.5 Å². The Balaban J connectivity index is 1.92. The van der Waals surface area contributed by atoms with E-state index >= 15 is 0 Å². The first kappa shape index (κ1) is 13.5. The zero-order valence-electron chi connectivity index (χ0n) is 11.5. The topological polar surface area (TPSA) is 69.6 Å². The van der Waals surface area contributed by atoms with Crippen LogP contribution >= 0.6 is 0 Å². The van der Waals surface area contributed by atoms with Crippen LogP contribution < -0.4 is 5.32 Å². The highest BCUT2D eigenvalue weighted by atomic mass is 16.4. The van der Waals surface area contributed by atoms with Gasteiger partial charge in [0.05, 0.1) is 0 Å². The lowest BCUT2D eigenvalue weighted by Gasteiger charge is -2.20. The summed E-state index contributed by atoms with van der Waals surface area (Å²) < 4.78 is 0. The second-order valence-electron chi connectivity index (χ2n) is 5.44. The summed E-state index contributed by atoms with van der Waals surface area (Å²) in [6.45, 7) is 0. The van der Waals surface area contributed by atoms with Crippen LogP contribution in [0.3, 0.4) is 0 Å². The molecule has 108 valence electrons. The zero-order valence-corrected chi connectivity index (χ0v) is 11.5. The number of hydrogen-bond donors (Lipinski definition) is 3. The van der Waals surface area contributed by atoms with Gasteiger partial charge >= 0.3 is 6.09 Å². The summed E-state index contributed by atoms with van der Waals surface area (Å²) in [4.78, 5) is 11.0. The standard InChI is InChI=1S/C17H17NO3/c19-13-7-6-12-9-16(18-17(20)21)15(14(12)10-13)8-11-4-2-1-3-5-11/h1-7,10,15-16,18-19H,8-9H2,(H,20,21). The van der Waals surface area contributed by atoms with Gasteiger partial charge < -0.3 is 15.5 Å². The Bertz CT molecular complexity index is 654. The van der Waals surface area contributed by atoms with Gasteiger partial charge in [0.15, 0.2) is 0 Å². The molecule has 4 heteroatoms. The molecule has 0 fully saturated rings. The summed E-state index contributed by atoms with van der Waals surface area (Å²) in [6.07, 6.45) is 0.414. The van der Waals surface area contributed by atoms with Crippen molar-refractivity contribution in [2.45, 2.75) is 24.8 Å². The quantitative estimate of drug-likeness (QED) is 0.811. The van der Waals surface area contributed by atoms with Gasteiger partial charge in [-0.2, -0.15) is 0 Å². The van der Waals surface area contributed by atoms with E-state index in [4.69, 9.17) is 5.11 Å². The summed E-state index contributed by atoms with van der Waals surface area (Å²) in [5.74, 6) is 0.272. The van der Waals surface area contributed by atoms with E-state index in [1.54, 1.807) is 12.1 Å². The van der Waals surface area contributed by atoms with E-state index in [-0.39, 0.29) is 17.7 Å². The van der Waals surface area contributed by atoms with Crippen molar-refractivity contribution in [1.29, 1.82) is 0 Å². The maximum Gasteiger partial charge on any atom is 0.404 e. The molecule has 1 aliphatic carbocycles. The Labute approximate surface area is 123 Å². The summed E-state index contributed by atoms with van der Waals surface area (Å²) in [7, 11) is 0. The van der Waals surface area contributed by atoms with Crippen LogP contribution in [0.5, 0.6) is 5.75 Å². The summed E-state index contributed by atoms with van der Waals surface area (Å²) >= 11 is 0. The third-order valence-electron chi connectivity index (χ3n) is 4.06. The lowest BCUT2D eigenvalue weighted by Crippen LogP contribution is -2.37. The molecule has 0 spiro atoms. The predicted molar refractivity (Wildman–Crippen MR) is 79.6 cm³/mol. The van der Waals surface area contributed by atoms with Gasteiger partial charge in [-0.3, -0.25) is 0 Å². The van der Waals surface area contributed by atoms with Crippen LogP contribution in [0, 0.1) is 0 Å². The zero-order chi connectivity index (χ0) is 14.8. The Kier molecular flexibility index (Phi) is 3.52. The number of aromatic hydroxyl groups is 1. The fraction of sp³-hybridized carbons (Fsp3) is 0.235.